The van der Waals surface area contributed by atoms with Gasteiger partial charge in [0.05, 0.1) is 5.69 Å². The highest BCUT2D eigenvalue weighted by molar-refractivity contribution is 6.00. The van der Waals surface area contributed by atoms with Crippen LogP contribution in [0.15, 0.2) is 51.8 Å². The lowest BCUT2D eigenvalue weighted by Gasteiger charge is -2.06. The molecule has 25 heavy (non-hydrogen) atoms. The summed E-state index contributed by atoms with van der Waals surface area (Å²) in [5.74, 6) is -0.309. The molecule has 0 aliphatic heterocycles. The van der Waals surface area contributed by atoms with Crippen LogP contribution in [0.2, 0.25) is 0 Å². The predicted molar refractivity (Wildman–Crippen MR) is 93.1 cm³/mol. The van der Waals surface area contributed by atoms with Crippen molar-refractivity contribution in [1.29, 1.82) is 0 Å². The molecule has 0 spiro atoms. The van der Waals surface area contributed by atoms with Gasteiger partial charge in [-0.1, -0.05) is 31.1 Å². The molecule has 1 amide bonds. The quantitative estimate of drug-likeness (QED) is 0.659. The number of hydrogen-bond acceptors (Lipinski definition) is 6. The van der Waals surface area contributed by atoms with Crippen molar-refractivity contribution in [3.8, 4) is 0 Å². The number of aromatic amines is 1. The van der Waals surface area contributed by atoms with Crippen molar-refractivity contribution in [2.45, 2.75) is 19.8 Å². The third-order valence-electron chi connectivity index (χ3n) is 3.49. The number of amides is 1. The Morgan fingerprint density at radius 2 is 1.80 bits per heavy atom. The molecule has 2 aromatic heterocycles. The number of carbonyl (C=O) groups is 1. The number of nitrogens with zero attached hydrogens (tertiary/aromatic N) is 2. The molecule has 3 aromatic rings. The highest BCUT2D eigenvalue weighted by atomic mass is 16.4. The first-order valence-corrected chi connectivity index (χ1v) is 7.72. The maximum atomic E-state index is 12.1. The van der Waals surface area contributed by atoms with Crippen molar-refractivity contribution in [3.63, 3.8) is 0 Å². The zero-order valence-corrected chi connectivity index (χ0v) is 13.7. The zero-order valence-electron chi connectivity index (χ0n) is 13.7. The van der Waals surface area contributed by atoms with Crippen LogP contribution in [0, 0.1) is 0 Å². The fourth-order valence-electron chi connectivity index (χ4n) is 2.11. The second-order valence-corrected chi connectivity index (χ2v) is 5.71. The van der Waals surface area contributed by atoms with Crippen molar-refractivity contribution < 1.29 is 9.21 Å². The third kappa shape index (κ3) is 4.11. The fraction of sp³-hybridized carbons (Fsp3) is 0.176. The Morgan fingerprint density at radius 3 is 2.44 bits per heavy atom. The summed E-state index contributed by atoms with van der Waals surface area (Å²) in [5, 5.41) is 13.0. The molecule has 1 aromatic carbocycles. The molecule has 0 atom stereocenters. The van der Waals surface area contributed by atoms with Gasteiger partial charge in [0.15, 0.2) is 0 Å². The van der Waals surface area contributed by atoms with Crippen LogP contribution in [0.3, 0.4) is 0 Å². The van der Waals surface area contributed by atoms with Gasteiger partial charge in [0, 0.05) is 18.0 Å². The summed E-state index contributed by atoms with van der Waals surface area (Å²) < 4.78 is 5.31. The van der Waals surface area contributed by atoms with Crippen LogP contribution >= 0.6 is 0 Å². The molecule has 0 fully saturated rings. The molecular weight excluding hydrogens is 322 g/mol. The summed E-state index contributed by atoms with van der Waals surface area (Å²) in [5.41, 5.74) is 2.16. The smallest absolute Gasteiger partial charge is 0.320 e. The van der Waals surface area contributed by atoms with E-state index in [-0.39, 0.29) is 17.5 Å². The van der Waals surface area contributed by atoms with Gasteiger partial charge in [0.2, 0.25) is 5.56 Å². The van der Waals surface area contributed by atoms with Gasteiger partial charge < -0.3 is 20.0 Å². The molecule has 128 valence electrons. The van der Waals surface area contributed by atoms with E-state index < -0.39 is 5.91 Å². The lowest BCUT2D eigenvalue weighted by atomic mass is 10.0. The van der Waals surface area contributed by atoms with E-state index in [0.717, 1.165) is 5.69 Å². The Bertz CT molecular complexity index is 907. The minimum Gasteiger partial charge on any atom is -0.399 e. The first-order chi connectivity index (χ1) is 12.0. The van der Waals surface area contributed by atoms with Gasteiger partial charge in [-0.25, -0.2) is 0 Å². The van der Waals surface area contributed by atoms with Crippen molar-refractivity contribution in [1.82, 2.24) is 15.2 Å². The number of rotatable bonds is 5. The van der Waals surface area contributed by atoms with E-state index in [9.17, 15) is 9.59 Å². The molecule has 0 aliphatic carbocycles. The molecule has 8 heteroatoms. The molecule has 0 aliphatic rings. The Kier molecular flexibility index (Phi) is 4.60. The molecule has 3 N–H and O–H groups in total. The maximum absolute atomic E-state index is 12.1. The summed E-state index contributed by atoms with van der Waals surface area (Å²) in [6, 6.07) is 10.7. The second-order valence-electron chi connectivity index (χ2n) is 5.71. The number of benzene rings is 1. The van der Waals surface area contributed by atoms with Crippen molar-refractivity contribution in [2.75, 3.05) is 10.6 Å². The van der Waals surface area contributed by atoms with E-state index in [1.807, 2.05) is 24.3 Å². The Balaban J connectivity index is 1.66. The lowest BCUT2D eigenvalue weighted by molar-refractivity contribution is 0.0991. The molecule has 0 radical (unpaired) electrons. The van der Waals surface area contributed by atoms with Crippen LogP contribution in [0.25, 0.3) is 0 Å². The number of nitrogens with one attached hydrogen (secondary N) is 3. The molecule has 2 heterocycles. The molecule has 8 nitrogen and oxygen atoms in total. The minimum absolute atomic E-state index is 0.115. The molecule has 3 rings (SSSR count). The number of anilines is 3. The number of hydrogen-bond donors (Lipinski definition) is 3. The Morgan fingerprint density at radius 1 is 1.08 bits per heavy atom. The van der Waals surface area contributed by atoms with Gasteiger partial charge >= 0.3 is 17.8 Å². The van der Waals surface area contributed by atoms with E-state index in [4.69, 9.17) is 4.42 Å². The largest absolute Gasteiger partial charge is 0.399 e. The van der Waals surface area contributed by atoms with E-state index in [1.54, 1.807) is 0 Å². The van der Waals surface area contributed by atoms with Crippen LogP contribution in [0.1, 0.15) is 36.0 Å². The highest BCUT2D eigenvalue weighted by Crippen LogP contribution is 2.20. The molecular formula is C17H17N5O3. The highest BCUT2D eigenvalue weighted by Gasteiger charge is 2.15. The van der Waals surface area contributed by atoms with Crippen LogP contribution in [-0.4, -0.2) is 21.1 Å². The van der Waals surface area contributed by atoms with E-state index in [0.29, 0.717) is 11.6 Å². The number of pyridine rings is 1. The SMILES string of the molecule is CC(C)c1ccc(Nc2nnc(C(=O)Nc3ccc(=O)[nH]c3)o2)cc1. The molecule has 0 bridgehead atoms. The van der Waals surface area contributed by atoms with Crippen LogP contribution in [0.5, 0.6) is 0 Å². The predicted octanol–water partition coefficient (Wildman–Crippen LogP) is 2.88. The summed E-state index contributed by atoms with van der Waals surface area (Å²) in [4.78, 5) is 25.5. The van der Waals surface area contributed by atoms with Crippen molar-refractivity contribution in [3.05, 3.63) is 64.4 Å². The second kappa shape index (κ2) is 7.00. The van der Waals surface area contributed by atoms with Gasteiger partial charge in [-0.2, -0.15) is 0 Å². The Hall–Kier alpha value is -3.42. The van der Waals surface area contributed by atoms with Crippen LogP contribution < -0.4 is 16.2 Å². The van der Waals surface area contributed by atoms with Crippen LogP contribution in [-0.2, 0) is 0 Å². The van der Waals surface area contributed by atoms with Crippen molar-refractivity contribution in [2.24, 2.45) is 0 Å². The number of H-pyrrole nitrogens is 1. The van der Waals surface area contributed by atoms with Gasteiger partial charge in [-0.05, 0) is 29.7 Å². The van der Waals surface area contributed by atoms with E-state index >= 15 is 0 Å². The summed E-state index contributed by atoms with van der Waals surface area (Å²) in [6.07, 6.45) is 1.38. The Labute approximate surface area is 143 Å². The third-order valence-corrected chi connectivity index (χ3v) is 3.49. The average molecular weight is 339 g/mol. The maximum Gasteiger partial charge on any atom is 0.320 e. The van der Waals surface area contributed by atoms with Gasteiger partial charge in [0.25, 0.3) is 0 Å². The van der Waals surface area contributed by atoms with Gasteiger partial charge in [-0.15, -0.1) is 5.10 Å². The number of carbonyl (C=O) groups excluding carboxylic acids is 1. The molecule has 0 saturated heterocycles. The summed E-state index contributed by atoms with van der Waals surface area (Å²) in [7, 11) is 0. The topological polar surface area (TPSA) is 113 Å². The van der Waals surface area contributed by atoms with Crippen molar-refractivity contribution >= 4 is 23.3 Å². The fourth-order valence-corrected chi connectivity index (χ4v) is 2.11. The summed E-state index contributed by atoms with van der Waals surface area (Å²) >= 11 is 0. The first-order valence-electron chi connectivity index (χ1n) is 7.72. The summed E-state index contributed by atoms with van der Waals surface area (Å²) in [6.45, 7) is 4.24. The lowest BCUT2D eigenvalue weighted by Crippen LogP contribution is -2.14. The minimum atomic E-state index is -0.567. The standard InChI is InChI=1S/C17H17N5O3/c1-10(2)11-3-5-12(6-4-11)20-17-22-21-16(25-17)15(24)19-13-7-8-14(23)18-9-13/h3-10H,1-2H3,(H,18,23)(H,19,24)(H,20,22). The first kappa shape index (κ1) is 16.4. The van der Waals surface area contributed by atoms with Gasteiger partial charge in [0.1, 0.15) is 0 Å². The molecule has 0 saturated carbocycles. The average Bonchev–Trinajstić information content (AvgIpc) is 3.06. The van der Waals surface area contributed by atoms with Gasteiger partial charge in [-0.3, -0.25) is 9.59 Å². The zero-order chi connectivity index (χ0) is 17.8. The van der Waals surface area contributed by atoms with Crippen LogP contribution in [0.4, 0.5) is 17.4 Å². The van der Waals surface area contributed by atoms with E-state index in [2.05, 4.69) is 39.7 Å². The monoisotopic (exact) mass is 339 g/mol. The number of aromatic nitrogens is 3. The molecule has 0 unspecified atom stereocenters. The normalized spacial score (nSPS) is 10.7. The van der Waals surface area contributed by atoms with E-state index in [1.165, 1.54) is 23.9 Å².